The van der Waals surface area contributed by atoms with E-state index in [1.807, 2.05) is 30.3 Å². The molecule has 7 nitrogen and oxygen atoms in total. The maximum Gasteiger partial charge on any atom is 0.263 e. The highest BCUT2D eigenvalue weighted by Crippen LogP contribution is 2.41. The van der Waals surface area contributed by atoms with Gasteiger partial charge in [-0.3, -0.25) is 14.4 Å². The summed E-state index contributed by atoms with van der Waals surface area (Å²) in [6.45, 7) is 1.67. The number of aryl methyl sites for hydroxylation is 1. The van der Waals surface area contributed by atoms with Gasteiger partial charge >= 0.3 is 0 Å². The minimum Gasteiger partial charge on any atom is -0.360 e. The van der Waals surface area contributed by atoms with Gasteiger partial charge in [0.15, 0.2) is 5.82 Å². The summed E-state index contributed by atoms with van der Waals surface area (Å²) in [5, 5.41) is 3.51. The van der Waals surface area contributed by atoms with Crippen molar-refractivity contribution in [1.29, 1.82) is 0 Å². The van der Waals surface area contributed by atoms with E-state index >= 15 is 0 Å². The van der Waals surface area contributed by atoms with E-state index in [0.717, 1.165) is 5.56 Å². The molecule has 4 rings (SSSR count). The summed E-state index contributed by atoms with van der Waals surface area (Å²) in [4.78, 5) is 14.2. The second-order valence-corrected chi connectivity index (χ2v) is 9.01. The molecule has 1 saturated heterocycles. The molecule has 28 heavy (non-hydrogen) atoms. The fourth-order valence-corrected chi connectivity index (χ4v) is 5.13. The molecule has 1 atom stereocenters. The first-order valence-electron chi connectivity index (χ1n) is 8.49. The smallest absolute Gasteiger partial charge is 0.263 e. The molecule has 2 aromatic carbocycles. The summed E-state index contributed by atoms with van der Waals surface area (Å²) in [7, 11) is -3.80. The maximum absolute atomic E-state index is 12.5. The third-order valence-corrected chi connectivity index (χ3v) is 6.83. The van der Waals surface area contributed by atoms with Crippen LogP contribution in [0.15, 0.2) is 70.1 Å². The van der Waals surface area contributed by atoms with Crippen LogP contribution < -0.4 is 9.62 Å². The number of carbonyl (C=O) groups excluding carboxylic acids is 1. The van der Waals surface area contributed by atoms with Crippen LogP contribution in [0.25, 0.3) is 0 Å². The molecule has 1 fully saturated rings. The Kier molecular flexibility index (Phi) is 4.86. The predicted molar refractivity (Wildman–Crippen MR) is 108 cm³/mol. The first-order chi connectivity index (χ1) is 13.4. The van der Waals surface area contributed by atoms with Crippen molar-refractivity contribution in [2.24, 2.45) is 0 Å². The van der Waals surface area contributed by atoms with Crippen molar-refractivity contribution < 1.29 is 17.7 Å². The van der Waals surface area contributed by atoms with Crippen molar-refractivity contribution in [1.82, 2.24) is 5.16 Å². The maximum atomic E-state index is 12.5. The average Bonchev–Trinajstić information content (AvgIpc) is 3.27. The summed E-state index contributed by atoms with van der Waals surface area (Å²) < 4.78 is 32.3. The molecule has 1 aliphatic rings. The Bertz CT molecular complexity index is 1100. The number of nitrogens with zero attached hydrogens (tertiary/aromatic N) is 2. The van der Waals surface area contributed by atoms with E-state index in [1.54, 1.807) is 35.7 Å². The van der Waals surface area contributed by atoms with Crippen molar-refractivity contribution in [3.8, 4) is 0 Å². The highest BCUT2D eigenvalue weighted by atomic mass is 32.2. The van der Waals surface area contributed by atoms with Crippen LogP contribution in [0.4, 0.5) is 11.5 Å². The van der Waals surface area contributed by atoms with Gasteiger partial charge in [0.05, 0.1) is 10.6 Å². The van der Waals surface area contributed by atoms with Crippen molar-refractivity contribution in [3.63, 3.8) is 0 Å². The van der Waals surface area contributed by atoms with Gasteiger partial charge in [-0.2, -0.15) is 0 Å². The highest BCUT2D eigenvalue weighted by molar-refractivity contribution is 8.00. The molecule has 2 heterocycles. The highest BCUT2D eigenvalue weighted by Gasteiger charge is 2.34. The second-order valence-electron chi connectivity index (χ2n) is 6.26. The fraction of sp³-hybridized carbons (Fsp3) is 0.158. The van der Waals surface area contributed by atoms with Crippen LogP contribution in [0.3, 0.4) is 0 Å². The van der Waals surface area contributed by atoms with Gasteiger partial charge in [-0.1, -0.05) is 35.5 Å². The number of nitrogens with one attached hydrogen (secondary N) is 1. The second kappa shape index (κ2) is 7.33. The minimum absolute atomic E-state index is 0.00865. The lowest BCUT2D eigenvalue weighted by Crippen LogP contribution is -2.27. The first-order valence-corrected chi connectivity index (χ1v) is 11.0. The van der Waals surface area contributed by atoms with Gasteiger partial charge in [-0.05, 0) is 36.8 Å². The van der Waals surface area contributed by atoms with E-state index in [4.69, 9.17) is 4.52 Å². The van der Waals surface area contributed by atoms with Crippen molar-refractivity contribution in [2.45, 2.75) is 17.2 Å². The lowest BCUT2D eigenvalue weighted by atomic mass is 10.2. The van der Waals surface area contributed by atoms with Crippen LogP contribution in [-0.2, 0) is 14.8 Å². The Morgan fingerprint density at radius 3 is 2.50 bits per heavy atom. The molecule has 0 saturated carbocycles. The zero-order valence-corrected chi connectivity index (χ0v) is 16.5. The standard InChI is InChI=1S/C19H17N3O4S2/c1-13-11-17(20-26-13)21-28(24,25)16-9-7-15(8-10-16)22-18(23)12-27-19(22)14-5-3-2-4-6-14/h2-11,19H,12H2,1H3,(H,20,21). The van der Waals surface area contributed by atoms with E-state index in [1.165, 1.54) is 18.2 Å². The zero-order valence-electron chi connectivity index (χ0n) is 14.9. The zero-order chi connectivity index (χ0) is 19.7. The van der Waals surface area contributed by atoms with Crippen molar-refractivity contribution in [3.05, 3.63) is 72.0 Å². The molecule has 0 radical (unpaired) electrons. The number of hydrogen-bond acceptors (Lipinski definition) is 6. The van der Waals surface area contributed by atoms with Gasteiger partial charge in [0, 0.05) is 11.8 Å². The number of carbonyl (C=O) groups is 1. The quantitative estimate of drug-likeness (QED) is 0.685. The number of rotatable bonds is 5. The molecule has 1 aliphatic heterocycles. The Hall–Kier alpha value is -2.78. The lowest BCUT2D eigenvalue weighted by Gasteiger charge is -2.24. The Morgan fingerprint density at radius 1 is 1.14 bits per heavy atom. The molecule has 3 aromatic rings. The van der Waals surface area contributed by atoms with Gasteiger partial charge < -0.3 is 4.52 Å². The normalized spacial score (nSPS) is 17.1. The summed E-state index contributed by atoms with van der Waals surface area (Å²) in [5.41, 5.74) is 1.68. The molecule has 0 spiro atoms. The summed E-state index contributed by atoms with van der Waals surface area (Å²) in [5.74, 6) is 1.000. The van der Waals surface area contributed by atoms with Crippen LogP contribution in [0, 0.1) is 6.92 Å². The third-order valence-electron chi connectivity index (χ3n) is 4.24. The van der Waals surface area contributed by atoms with Gasteiger partial charge in [0.2, 0.25) is 5.91 Å². The van der Waals surface area contributed by atoms with Crippen LogP contribution in [0.2, 0.25) is 0 Å². The van der Waals surface area contributed by atoms with Crippen LogP contribution in [-0.4, -0.2) is 25.2 Å². The van der Waals surface area contributed by atoms with Gasteiger partial charge in [0.25, 0.3) is 10.0 Å². The van der Waals surface area contributed by atoms with E-state index in [0.29, 0.717) is 17.2 Å². The molecule has 0 aliphatic carbocycles. The van der Waals surface area contributed by atoms with Crippen molar-refractivity contribution >= 4 is 39.2 Å². The number of amides is 1. The van der Waals surface area contributed by atoms with Crippen LogP contribution >= 0.6 is 11.8 Å². The number of anilines is 2. The Balaban J connectivity index is 1.59. The molecule has 0 bridgehead atoms. The molecule has 1 amide bonds. The topological polar surface area (TPSA) is 92.5 Å². The molecule has 1 unspecified atom stereocenters. The molecule has 144 valence electrons. The Labute approximate surface area is 166 Å². The monoisotopic (exact) mass is 415 g/mol. The molecule has 9 heteroatoms. The first kappa shape index (κ1) is 18.6. The van der Waals surface area contributed by atoms with Gasteiger partial charge in [-0.25, -0.2) is 8.42 Å². The molecular weight excluding hydrogens is 398 g/mol. The fourth-order valence-electron chi connectivity index (χ4n) is 2.96. The van der Waals surface area contributed by atoms with E-state index in [2.05, 4.69) is 9.88 Å². The third kappa shape index (κ3) is 3.63. The molecule has 1 aromatic heterocycles. The average molecular weight is 415 g/mol. The number of hydrogen-bond donors (Lipinski definition) is 1. The molecule has 1 N–H and O–H groups in total. The summed E-state index contributed by atoms with van der Waals surface area (Å²) in [6, 6.07) is 17.5. The van der Waals surface area contributed by atoms with Crippen LogP contribution in [0.1, 0.15) is 16.7 Å². The Morgan fingerprint density at radius 2 is 1.86 bits per heavy atom. The van der Waals surface area contributed by atoms with E-state index in [9.17, 15) is 13.2 Å². The number of thioether (sulfide) groups is 1. The van der Waals surface area contributed by atoms with Gasteiger partial charge in [0.1, 0.15) is 11.1 Å². The molecular formula is C19H17N3O4S2. The summed E-state index contributed by atoms with van der Waals surface area (Å²) >= 11 is 1.55. The van der Waals surface area contributed by atoms with E-state index in [-0.39, 0.29) is 22.0 Å². The minimum atomic E-state index is -3.80. The number of benzene rings is 2. The van der Waals surface area contributed by atoms with Crippen molar-refractivity contribution in [2.75, 3.05) is 15.4 Å². The van der Waals surface area contributed by atoms with Gasteiger partial charge in [-0.15, -0.1) is 11.8 Å². The lowest BCUT2D eigenvalue weighted by molar-refractivity contribution is -0.115. The SMILES string of the molecule is Cc1cc(NS(=O)(=O)c2ccc(N3C(=O)CSC3c3ccccc3)cc2)no1. The predicted octanol–water partition coefficient (Wildman–Crippen LogP) is 3.56. The van der Waals surface area contributed by atoms with Crippen LogP contribution in [0.5, 0.6) is 0 Å². The number of aromatic nitrogens is 1. The summed E-state index contributed by atoms with van der Waals surface area (Å²) in [6.07, 6.45) is 0. The number of sulfonamides is 1. The largest absolute Gasteiger partial charge is 0.360 e. The van der Waals surface area contributed by atoms with E-state index < -0.39 is 10.0 Å².